The molecule has 0 spiro atoms. The molecule has 0 aromatic heterocycles. The summed E-state index contributed by atoms with van der Waals surface area (Å²) in [5.41, 5.74) is -1.42. The highest BCUT2D eigenvalue weighted by Gasteiger charge is 2.58. The maximum atomic E-state index is 11.9. The van der Waals surface area contributed by atoms with Gasteiger partial charge in [-0.15, -0.1) is 0 Å². The lowest BCUT2D eigenvalue weighted by Gasteiger charge is -2.39. The van der Waals surface area contributed by atoms with E-state index in [-0.39, 0.29) is 5.97 Å². The lowest BCUT2D eigenvalue weighted by molar-refractivity contribution is -0.169. The van der Waals surface area contributed by atoms with E-state index >= 15 is 0 Å². The van der Waals surface area contributed by atoms with Crippen LogP contribution in [0.25, 0.3) is 0 Å². The normalized spacial score (nSPS) is 34.3. The molecule has 0 amide bonds. The van der Waals surface area contributed by atoms with E-state index in [1.54, 1.807) is 11.8 Å². The fraction of sp³-hybridized carbons (Fsp3) is 0.909. The Morgan fingerprint density at radius 1 is 1.33 bits per heavy atom. The van der Waals surface area contributed by atoms with Crippen molar-refractivity contribution in [1.29, 1.82) is 0 Å². The molecular weight excluding hydrogens is 212 g/mol. The first-order valence-electron chi connectivity index (χ1n) is 5.53. The molecule has 86 valence electrons. The van der Waals surface area contributed by atoms with Crippen molar-refractivity contribution >= 4 is 17.7 Å². The zero-order valence-corrected chi connectivity index (χ0v) is 9.94. The maximum absolute atomic E-state index is 11.9. The number of carbonyl (C=O) groups is 1. The molecule has 1 heterocycles. The molecule has 1 aliphatic carbocycles. The summed E-state index contributed by atoms with van der Waals surface area (Å²) in [5.74, 6) is 1.43. The molecule has 0 aromatic carbocycles. The van der Waals surface area contributed by atoms with Crippen LogP contribution in [0.4, 0.5) is 0 Å². The Labute approximate surface area is 94.6 Å². The summed E-state index contributed by atoms with van der Waals surface area (Å²) in [6.45, 7) is 0. The summed E-state index contributed by atoms with van der Waals surface area (Å²) in [7, 11) is 1.42. The lowest BCUT2D eigenvalue weighted by atomic mass is 9.70. The third-order valence-electron chi connectivity index (χ3n) is 3.92. The Bertz CT molecular complexity index is 253. The molecule has 2 rings (SSSR count). The molecule has 15 heavy (non-hydrogen) atoms. The Morgan fingerprint density at radius 3 is 2.47 bits per heavy atom. The monoisotopic (exact) mass is 230 g/mol. The number of carbonyl (C=O) groups excluding carboxylic acids is 1. The van der Waals surface area contributed by atoms with Gasteiger partial charge in [0.05, 0.1) is 18.1 Å². The molecule has 3 nitrogen and oxygen atoms in total. The first-order valence-corrected chi connectivity index (χ1v) is 6.69. The molecule has 1 saturated carbocycles. The number of rotatable bonds is 2. The van der Waals surface area contributed by atoms with Gasteiger partial charge in [0.1, 0.15) is 0 Å². The third-order valence-corrected chi connectivity index (χ3v) is 5.10. The van der Waals surface area contributed by atoms with E-state index < -0.39 is 11.0 Å². The van der Waals surface area contributed by atoms with Gasteiger partial charge in [-0.2, -0.15) is 11.8 Å². The molecule has 2 fully saturated rings. The Balaban J connectivity index is 2.29. The Kier molecular flexibility index (Phi) is 2.99. The molecule has 0 radical (unpaired) electrons. The smallest absolute Gasteiger partial charge is 0.314 e. The third kappa shape index (κ3) is 1.58. The molecule has 1 unspecified atom stereocenters. The van der Waals surface area contributed by atoms with E-state index in [4.69, 9.17) is 4.74 Å². The van der Waals surface area contributed by atoms with Crippen LogP contribution in [0.1, 0.15) is 32.1 Å². The second-order valence-electron chi connectivity index (χ2n) is 4.61. The zero-order chi connectivity index (χ0) is 10.9. The number of methoxy groups -OCH3 is 1. The van der Waals surface area contributed by atoms with E-state index in [1.165, 1.54) is 7.11 Å². The van der Waals surface area contributed by atoms with Gasteiger partial charge in [-0.25, -0.2) is 0 Å². The van der Waals surface area contributed by atoms with E-state index in [0.717, 1.165) is 37.9 Å². The van der Waals surface area contributed by atoms with Crippen LogP contribution in [-0.2, 0) is 9.53 Å². The Hall–Kier alpha value is -0.220. The summed E-state index contributed by atoms with van der Waals surface area (Å²) in [6, 6.07) is 0. The highest BCUT2D eigenvalue weighted by molar-refractivity contribution is 7.99. The highest BCUT2D eigenvalue weighted by Crippen LogP contribution is 2.52. The van der Waals surface area contributed by atoms with Gasteiger partial charge in [-0.1, -0.05) is 12.8 Å². The van der Waals surface area contributed by atoms with Crippen molar-refractivity contribution in [2.75, 3.05) is 18.6 Å². The average Bonchev–Trinajstić information content (AvgIpc) is 2.86. The predicted octanol–water partition coefficient (Wildman–Crippen LogP) is 1.59. The lowest BCUT2D eigenvalue weighted by Crippen LogP contribution is -2.52. The molecule has 4 heteroatoms. The van der Waals surface area contributed by atoms with Crippen molar-refractivity contribution in [3.05, 3.63) is 0 Å². The van der Waals surface area contributed by atoms with Crippen molar-refractivity contribution in [2.24, 2.45) is 5.41 Å². The first kappa shape index (κ1) is 11.3. The first-order chi connectivity index (χ1) is 7.15. The van der Waals surface area contributed by atoms with Crippen molar-refractivity contribution in [1.82, 2.24) is 0 Å². The van der Waals surface area contributed by atoms with Gasteiger partial charge in [0.2, 0.25) is 0 Å². The van der Waals surface area contributed by atoms with Crippen molar-refractivity contribution in [2.45, 2.75) is 37.7 Å². The molecule has 1 N–H and O–H groups in total. The van der Waals surface area contributed by atoms with Gasteiger partial charge in [-0.3, -0.25) is 4.79 Å². The quantitative estimate of drug-likeness (QED) is 0.732. The summed E-state index contributed by atoms with van der Waals surface area (Å²) in [4.78, 5) is 11.9. The fourth-order valence-corrected chi connectivity index (χ4v) is 4.35. The zero-order valence-electron chi connectivity index (χ0n) is 9.12. The van der Waals surface area contributed by atoms with Crippen molar-refractivity contribution in [3.63, 3.8) is 0 Å². The summed E-state index contributed by atoms with van der Waals surface area (Å²) in [5, 5.41) is 10.6. The van der Waals surface area contributed by atoms with E-state index in [9.17, 15) is 9.90 Å². The minimum atomic E-state index is -0.818. The number of esters is 1. The van der Waals surface area contributed by atoms with Gasteiger partial charge in [0.15, 0.2) is 0 Å². The molecule has 0 bridgehead atoms. The van der Waals surface area contributed by atoms with E-state index in [0.29, 0.717) is 5.75 Å². The van der Waals surface area contributed by atoms with Gasteiger partial charge < -0.3 is 9.84 Å². The van der Waals surface area contributed by atoms with Crippen LogP contribution in [0, 0.1) is 5.41 Å². The summed E-state index contributed by atoms with van der Waals surface area (Å²) < 4.78 is 4.91. The number of thioether (sulfide) groups is 1. The van der Waals surface area contributed by atoms with Crippen LogP contribution in [0.15, 0.2) is 0 Å². The van der Waals surface area contributed by atoms with Gasteiger partial charge in [-0.05, 0) is 25.0 Å². The second kappa shape index (κ2) is 3.98. The molecule has 2 aliphatic rings. The summed E-state index contributed by atoms with van der Waals surface area (Å²) >= 11 is 1.74. The molecule has 1 aliphatic heterocycles. The number of hydrogen-bond donors (Lipinski definition) is 1. The number of hydrogen-bond acceptors (Lipinski definition) is 4. The van der Waals surface area contributed by atoms with Crippen LogP contribution >= 0.6 is 11.8 Å². The van der Waals surface area contributed by atoms with Crippen LogP contribution < -0.4 is 0 Å². The molecule has 0 aromatic rings. The van der Waals surface area contributed by atoms with E-state index in [2.05, 4.69) is 0 Å². The van der Waals surface area contributed by atoms with Crippen LogP contribution in [0.2, 0.25) is 0 Å². The van der Waals surface area contributed by atoms with Crippen LogP contribution in [0.5, 0.6) is 0 Å². The van der Waals surface area contributed by atoms with Crippen LogP contribution in [-0.4, -0.2) is 35.3 Å². The van der Waals surface area contributed by atoms with E-state index in [1.807, 2.05) is 0 Å². The van der Waals surface area contributed by atoms with Gasteiger partial charge in [0.25, 0.3) is 0 Å². The fourth-order valence-electron chi connectivity index (χ4n) is 2.97. The molecular formula is C11H18O3S. The predicted molar refractivity (Wildman–Crippen MR) is 59.8 cm³/mol. The van der Waals surface area contributed by atoms with Crippen LogP contribution in [0.3, 0.4) is 0 Å². The topological polar surface area (TPSA) is 46.5 Å². The largest absolute Gasteiger partial charge is 0.469 e. The van der Waals surface area contributed by atoms with Crippen molar-refractivity contribution < 1.29 is 14.6 Å². The SMILES string of the molecule is COC(=O)C1(C2(O)CCSC2)CCCC1. The van der Waals surface area contributed by atoms with Gasteiger partial charge >= 0.3 is 5.97 Å². The number of ether oxygens (including phenoxy) is 1. The standard InChI is InChI=1S/C11H18O3S/c1-14-9(12)10(4-2-3-5-10)11(13)6-7-15-8-11/h13H,2-8H2,1H3. The molecule has 1 atom stereocenters. The maximum Gasteiger partial charge on any atom is 0.314 e. The minimum absolute atomic E-state index is 0.204. The second-order valence-corrected chi connectivity index (χ2v) is 5.72. The number of aliphatic hydroxyl groups is 1. The molecule has 1 saturated heterocycles. The Morgan fingerprint density at radius 2 is 2.00 bits per heavy atom. The van der Waals surface area contributed by atoms with Crippen molar-refractivity contribution in [3.8, 4) is 0 Å². The summed E-state index contributed by atoms with van der Waals surface area (Å²) in [6.07, 6.45) is 4.37. The highest BCUT2D eigenvalue weighted by atomic mass is 32.2. The average molecular weight is 230 g/mol. The van der Waals surface area contributed by atoms with Gasteiger partial charge in [0, 0.05) is 5.75 Å². The minimum Gasteiger partial charge on any atom is -0.469 e.